The number of rotatable bonds is 8. The zero-order valence-corrected chi connectivity index (χ0v) is 22.2. The number of pyridine rings is 1. The Bertz CT molecular complexity index is 1310. The normalized spacial score (nSPS) is 17.4. The van der Waals surface area contributed by atoms with E-state index in [0.717, 1.165) is 18.2 Å². The van der Waals surface area contributed by atoms with Crippen LogP contribution >= 0.6 is 0 Å². The molecule has 1 aromatic carbocycles. The number of aromatic nitrogens is 1. The van der Waals surface area contributed by atoms with Crippen molar-refractivity contribution in [2.45, 2.75) is 32.6 Å². The van der Waals surface area contributed by atoms with Crippen molar-refractivity contribution >= 4 is 40.2 Å². The Morgan fingerprint density at radius 3 is 2.26 bits per heavy atom. The molecular weight excluding hydrogens is 489 g/mol. The molecule has 0 bridgehead atoms. The highest BCUT2D eigenvalue weighted by Crippen LogP contribution is 2.34. The molecular formula is C28H34FN5O4. The van der Waals surface area contributed by atoms with E-state index in [2.05, 4.69) is 15.6 Å². The van der Waals surface area contributed by atoms with Crippen molar-refractivity contribution < 1.29 is 23.2 Å². The lowest BCUT2D eigenvalue weighted by Crippen LogP contribution is -2.39. The minimum absolute atomic E-state index is 0.0377. The molecule has 1 aliphatic rings. The molecule has 202 valence electrons. The summed E-state index contributed by atoms with van der Waals surface area (Å²) in [6, 6.07) is 9.73. The molecule has 38 heavy (non-hydrogen) atoms. The fraction of sp³-hybridized carbons (Fsp3) is 0.429. The minimum atomic E-state index is -0.753. The summed E-state index contributed by atoms with van der Waals surface area (Å²) in [6.45, 7) is 3.37. The molecule has 2 N–H and O–H groups in total. The molecule has 3 aromatic rings. The van der Waals surface area contributed by atoms with Gasteiger partial charge < -0.3 is 24.9 Å². The summed E-state index contributed by atoms with van der Waals surface area (Å²) < 4.78 is 19.7. The molecule has 0 atom stereocenters. The van der Waals surface area contributed by atoms with Crippen molar-refractivity contribution in [1.82, 2.24) is 14.8 Å². The van der Waals surface area contributed by atoms with Gasteiger partial charge in [-0.1, -0.05) is 17.7 Å². The SMILES string of the molecule is Cc1ccc(NC(=O)c2oc3ccc(F)nc3c2NC(=O)[C@H]2CC[C@H](C(=O)N(C)CCN(C)C)CC2)cc1. The van der Waals surface area contributed by atoms with E-state index in [-0.39, 0.29) is 46.2 Å². The van der Waals surface area contributed by atoms with E-state index in [9.17, 15) is 18.8 Å². The van der Waals surface area contributed by atoms with Crippen LogP contribution < -0.4 is 10.6 Å². The fourth-order valence-corrected chi connectivity index (χ4v) is 4.65. The topological polar surface area (TPSA) is 108 Å². The maximum absolute atomic E-state index is 14.0. The molecule has 4 rings (SSSR count). The van der Waals surface area contributed by atoms with Crippen molar-refractivity contribution in [3.8, 4) is 0 Å². The van der Waals surface area contributed by atoms with Crippen molar-refractivity contribution in [3.05, 3.63) is 53.7 Å². The van der Waals surface area contributed by atoms with Crippen molar-refractivity contribution in [2.24, 2.45) is 11.8 Å². The molecule has 2 heterocycles. The fourth-order valence-electron chi connectivity index (χ4n) is 4.65. The molecule has 1 aliphatic carbocycles. The van der Waals surface area contributed by atoms with Crippen LogP contribution in [0.3, 0.4) is 0 Å². The first-order chi connectivity index (χ1) is 18.1. The van der Waals surface area contributed by atoms with Crippen LogP contribution in [0.15, 0.2) is 40.8 Å². The number of likely N-dealkylation sites (N-methyl/N-ethyl adjacent to an activating group) is 2. The zero-order valence-electron chi connectivity index (χ0n) is 22.2. The van der Waals surface area contributed by atoms with Gasteiger partial charge in [0.15, 0.2) is 5.58 Å². The van der Waals surface area contributed by atoms with Gasteiger partial charge >= 0.3 is 0 Å². The van der Waals surface area contributed by atoms with Gasteiger partial charge in [0.05, 0.1) is 0 Å². The first kappa shape index (κ1) is 27.3. The maximum Gasteiger partial charge on any atom is 0.293 e. The summed E-state index contributed by atoms with van der Waals surface area (Å²) >= 11 is 0. The Labute approximate surface area is 221 Å². The summed E-state index contributed by atoms with van der Waals surface area (Å²) in [6.07, 6.45) is 2.27. The first-order valence-electron chi connectivity index (χ1n) is 12.8. The van der Waals surface area contributed by atoms with E-state index in [1.165, 1.54) is 6.07 Å². The van der Waals surface area contributed by atoms with E-state index >= 15 is 0 Å². The zero-order chi connectivity index (χ0) is 27.4. The number of hydrogen-bond donors (Lipinski definition) is 2. The van der Waals surface area contributed by atoms with Gasteiger partial charge in [0.2, 0.25) is 23.5 Å². The summed E-state index contributed by atoms with van der Waals surface area (Å²) in [5.74, 6) is -2.17. The van der Waals surface area contributed by atoms with Gasteiger partial charge in [0, 0.05) is 37.7 Å². The summed E-state index contributed by atoms with van der Waals surface area (Å²) in [7, 11) is 5.74. The maximum atomic E-state index is 14.0. The van der Waals surface area contributed by atoms with Gasteiger partial charge in [-0.2, -0.15) is 4.39 Å². The highest BCUT2D eigenvalue weighted by atomic mass is 19.1. The molecule has 0 aliphatic heterocycles. The van der Waals surface area contributed by atoms with Crippen LogP contribution in [0, 0.1) is 24.7 Å². The Hall–Kier alpha value is -3.79. The molecule has 0 spiro atoms. The van der Waals surface area contributed by atoms with Gasteiger partial charge in [0.1, 0.15) is 11.2 Å². The van der Waals surface area contributed by atoms with E-state index in [1.807, 2.05) is 45.1 Å². The second-order valence-corrected chi connectivity index (χ2v) is 10.2. The molecule has 2 aromatic heterocycles. The third kappa shape index (κ3) is 6.36. The van der Waals surface area contributed by atoms with Crippen molar-refractivity contribution in [3.63, 3.8) is 0 Å². The minimum Gasteiger partial charge on any atom is -0.447 e. The number of anilines is 2. The van der Waals surface area contributed by atoms with Gasteiger partial charge in [0.25, 0.3) is 5.91 Å². The highest BCUT2D eigenvalue weighted by molar-refractivity contribution is 6.13. The lowest BCUT2D eigenvalue weighted by atomic mass is 9.81. The number of halogens is 1. The van der Waals surface area contributed by atoms with E-state index in [0.29, 0.717) is 37.9 Å². The quantitative estimate of drug-likeness (QED) is 0.427. The number of fused-ring (bicyclic) bond motifs is 1. The molecule has 1 fully saturated rings. The molecule has 10 heteroatoms. The van der Waals surface area contributed by atoms with Crippen molar-refractivity contribution in [1.29, 1.82) is 0 Å². The molecule has 0 saturated heterocycles. The van der Waals surface area contributed by atoms with Gasteiger partial charge in [-0.3, -0.25) is 14.4 Å². The van der Waals surface area contributed by atoms with Crippen LogP contribution in [0.1, 0.15) is 41.8 Å². The Morgan fingerprint density at radius 2 is 1.61 bits per heavy atom. The van der Waals surface area contributed by atoms with Gasteiger partial charge in [-0.25, -0.2) is 4.98 Å². The van der Waals surface area contributed by atoms with E-state index in [1.54, 1.807) is 17.0 Å². The van der Waals surface area contributed by atoms with Crippen LogP contribution in [0.2, 0.25) is 0 Å². The number of nitrogens with zero attached hydrogens (tertiary/aromatic N) is 3. The summed E-state index contributed by atoms with van der Waals surface area (Å²) in [5.41, 5.74) is 1.88. The standard InChI is InChI=1S/C28H34FN5O4/c1-17-5-11-20(12-6-17)30-27(36)25-24(23-21(38-25)13-14-22(29)31-23)32-26(35)18-7-9-19(10-8-18)28(37)34(4)16-15-33(2)3/h5-6,11-14,18-19H,7-10,15-16H2,1-4H3,(H,30,36)(H,32,35)/t18-,19-. The molecule has 1 saturated carbocycles. The lowest BCUT2D eigenvalue weighted by molar-refractivity contribution is -0.136. The number of nitrogens with one attached hydrogen (secondary N) is 2. The highest BCUT2D eigenvalue weighted by Gasteiger charge is 2.33. The predicted molar refractivity (Wildman–Crippen MR) is 143 cm³/mol. The van der Waals surface area contributed by atoms with E-state index < -0.39 is 11.9 Å². The number of hydrogen-bond acceptors (Lipinski definition) is 6. The first-order valence-corrected chi connectivity index (χ1v) is 12.8. The smallest absolute Gasteiger partial charge is 0.293 e. The third-order valence-corrected chi connectivity index (χ3v) is 6.97. The Morgan fingerprint density at radius 1 is 0.947 bits per heavy atom. The summed E-state index contributed by atoms with van der Waals surface area (Å²) in [4.78, 5) is 46.8. The molecule has 0 unspecified atom stereocenters. The molecule has 0 radical (unpaired) electrons. The molecule has 3 amide bonds. The number of furan rings is 1. The number of carbonyl (C=O) groups excluding carboxylic acids is 3. The van der Waals surface area contributed by atoms with Gasteiger partial charge in [-0.15, -0.1) is 0 Å². The third-order valence-electron chi connectivity index (χ3n) is 6.97. The largest absolute Gasteiger partial charge is 0.447 e. The van der Waals surface area contributed by atoms with E-state index in [4.69, 9.17) is 4.42 Å². The lowest BCUT2D eigenvalue weighted by Gasteiger charge is -2.30. The van der Waals surface area contributed by atoms with Crippen LogP contribution in [-0.2, 0) is 9.59 Å². The Kier molecular flexibility index (Phi) is 8.41. The van der Waals surface area contributed by atoms with Crippen LogP contribution in [0.4, 0.5) is 15.8 Å². The average molecular weight is 524 g/mol. The predicted octanol–water partition coefficient (Wildman–Crippen LogP) is 4.29. The van der Waals surface area contributed by atoms with Crippen LogP contribution in [-0.4, -0.2) is 66.7 Å². The van der Waals surface area contributed by atoms with Crippen LogP contribution in [0.25, 0.3) is 11.1 Å². The van der Waals surface area contributed by atoms with Crippen LogP contribution in [0.5, 0.6) is 0 Å². The molecule has 9 nitrogen and oxygen atoms in total. The number of amides is 3. The number of aryl methyl sites for hydroxylation is 1. The Balaban J connectivity index is 1.46. The number of benzene rings is 1. The van der Waals surface area contributed by atoms with Gasteiger partial charge in [-0.05, 0) is 71.0 Å². The average Bonchev–Trinajstić information content (AvgIpc) is 3.25. The second kappa shape index (κ2) is 11.7. The monoisotopic (exact) mass is 523 g/mol. The summed E-state index contributed by atoms with van der Waals surface area (Å²) in [5, 5.41) is 5.53. The van der Waals surface area contributed by atoms with Crippen molar-refractivity contribution in [2.75, 3.05) is 44.9 Å². The second-order valence-electron chi connectivity index (χ2n) is 10.2. The number of carbonyl (C=O) groups is 3.